The highest BCUT2D eigenvalue weighted by atomic mass is 16.5. The number of ether oxygens (including phenoxy) is 4. The number of benzene rings is 2. The Kier molecular flexibility index (Phi) is 5.03. The van der Waals surface area contributed by atoms with E-state index in [1.165, 1.54) is 28.4 Å². The van der Waals surface area contributed by atoms with Crippen LogP contribution in [0.3, 0.4) is 0 Å². The van der Waals surface area contributed by atoms with E-state index in [0.29, 0.717) is 40.0 Å². The molecule has 0 spiro atoms. The summed E-state index contributed by atoms with van der Waals surface area (Å²) < 4.78 is 26.8. The van der Waals surface area contributed by atoms with Crippen LogP contribution >= 0.6 is 0 Å². The van der Waals surface area contributed by atoms with E-state index < -0.39 is 5.97 Å². The van der Waals surface area contributed by atoms with E-state index in [2.05, 4.69) is 0 Å². The second-order valence-corrected chi connectivity index (χ2v) is 5.55. The lowest BCUT2D eigenvalue weighted by Gasteiger charge is -2.09. The van der Waals surface area contributed by atoms with Crippen molar-refractivity contribution >= 4 is 23.2 Å². The average Bonchev–Trinajstić information content (AvgIpc) is 3.12. The smallest absolute Gasteiger partial charge is 0.342 e. The second kappa shape index (κ2) is 7.41. The zero-order chi connectivity index (χ0) is 19.6. The molecule has 0 aliphatic carbocycles. The first-order chi connectivity index (χ1) is 13.1. The molecule has 2 aromatic carbocycles. The molecule has 1 heterocycles. The fourth-order valence-electron chi connectivity index (χ4n) is 2.94. The van der Waals surface area contributed by atoms with Crippen LogP contribution in [0.2, 0.25) is 0 Å². The standard InChI is InChI=1S/C20H18O7/c1-23-13-7-5-11(9-15(13)25-3)18-17(20(22)26-4)16-12(10-21)6-8-14(24-2)19(16)27-18/h5-10H,1-4H3. The van der Waals surface area contributed by atoms with E-state index >= 15 is 0 Å². The molecule has 0 aliphatic heterocycles. The molecule has 0 amide bonds. The Balaban J connectivity index is 2.39. The first-order valence-corrected chi connectivity index (χ1v) is 7.98. The van der Waals surface area contributed by atoms with Crippen LogP contribution in [-0.4, -0.2) is 40.7 Å². The molecule has 140 valence electrons. The van der Waals surface area contributed by atoms with Gasteiger partial charge in [0.25, 0.3) is 0 Å². The summed E-state index contributed by atoms with van der Waals surface area (Å²) in [7, 11) is 5.78. The van der Waals surface area contributed by atoms with Crippen LogP contribution in [0.4, 0.5) is 0 Å². The lowest BCUT2D eigenvalue weighted by molar-refractivity contribution is 0.0603. The molecule has 0 radical (unpaired) electrons. The van der Waals surface area contributed by atoms with Gasteiger partial charge in [-0.25, -0.2) is 4.79 Å². The van der Waals surface area contributed by atoms with Crippen LogP contribution in [0, 0.1) is 0 Å². The van der Waals surface area contributed by atoms with Gasteiger partial charge in [-0.05, 0) is 30.3 Å². The molecule has 0 atom stereocenters. The fraction of sp³-hybridized carbons (Fsp3) is 0.200. The number of hydrogen-bond acceptors (Lipinski definition) is 7. The summed E-state index contributed by atoms with van der Waals surface area (Å²) in [4.78, 5) is 24.1. The highest BCUT2D eigenvalue weighted by Crippen LogP contribution is 2.42. The third-order valence-corrected chi connectivity index (χ3v) is 4.22. The monoisotopic (exact) mass is 370 g/mol. The van der Waals surface area contributed by atoms with Crippen LogP contribution in [0.15, 0.2) is 34.7 Å². The van der Waals surface area contributed by atoms with Crippen molar-refractivity contribution in [1.29, 1.82) is 0 Å². The van der Waals surface area contributed by atoms with Gasteiger partial charge in [-0.2, -0.15) is 0 Å². The summed E-state index contributed by atoms with van der Waals surface area (Å²) in [5, 5.41) is 0.334. The maximum absolute atomic E-state index is 12.5. The Bertz CT molecular complexity index is 1020. The van der Waals surface area contributed by atoms with Crippen LogP contribution in [0.5, 0.6) is 17.2 Å². The van der Waals surface area contributed by atoms with E-state index in [0.717, 1.165) is 0 Å². The Morgan fingerprint density at radius 3 is 2.19 bits per heavy atom. The quantitative estimate of drug-likeness (QED) is 0.483. The number of esters is 1. The number of furan rings is 1. The lowest BCUT2D eigenvalue weighted by atomic mass is 10.0. The molecule has 0 fully saturated rings. The number of carbonyl (C=O) groups is 2. The molecule has 3 aromatic rings. The van der Waals surface area contributed by atoms with Crippen LogP contribution < -0.4 is 14.2 Å². The van der Waals surface area contributed by atoms with Crippen molar-refractivity contribution in [3.8, 4) is 28.6 Å². The number of fused-ring (bicyclic) bond motifs is 1. The molecule has 0 aliphatic rings. The number of methoxy groups -OCH3 is 4. The fourth-order valence-corrected chi connectivity index (χ4v) is 2.94. The predicted octanol–water partition coefficient (Wildman–Crippen LogP) is 3.72. The molecule has 27 heavy (non-hydrogen) atoms. The molecule has 0 unspecified atom stereocenters. The van der Waals surface area contributed by atoms with Crippen LogP contribution in [0.1, 0.15) is 20.7 Å². The SMILES string of the molecule is COC(=O)c1c(-c2ccc(OC)c(OC)c2)oc2c(OC)ccc(C=O)c12. The minimum Gasteiger partial charge on any atom is -0.493 e. The highest BCUT2D eigenvalue weighted by molar-refractivity contribution is 6.14. The Morgan fingerprint density at radius 2 is 1.59 bits per heavy atom. The first kappa shape index (κ1) is 18.3. The zero-order valence-electron chi connectivity index (χ0n) is 15.3. The molecule has 0 N–H and O–H groups in total. The summed E-state index contributed by atoms with van der Waals surface area (Å²) in [6, 6.07) is 8.26. The van der Waals surface area contributed by atoms with E-state index in [-0.39, 0.29) is 16.9 Å². The molecule has 0 bridgehead atoms. The molecule has 1 aromatic heterocycles. The molecule has 7 heteroatoms. The van der Waals surface area contributed by atoms with Crippen molar-refractivity contribution in [3.63, 3.8) is 0 Å². The Morgan fingerprint density at radius 1 is 0.926 bits per heavy atom. The molecule has 7 nitrogen and oxygen atoms in total. The average molecular weight is 370 g/mol. The molecular formula is C20H18O7. The topological polar surface area (TPSA) is 84.2 Å². The van der Waals surface area contributed by atoms with E-state index in [9.17, 15) is 9.59 Å². The zero-order valence-corrected chi connectivity index (χ0v) is 15.3. The Labute approximate surface area is 155 Å². The number of aldehydes is 1. The highest BCUT2D eigenvalue weighted by Gasteiger charge is 2.27. The minimum absolute atomic E-state index is 0.140. The van der Waals surface area contributed by atoms with Gasteiger partial charge in [-0.15, -0.1) is 0 Å². The van der Waals surface area contributed by atoms with Gasteiger partial charge in [-0.3, -0.25) is 4.79 Å². The summed E-state index contributed by atoms with van der Waals surface area (Å²) in [5.41, 5.74) is 1.28. The molecule has 3 rings (SSSR count). The first-order valence-electron chi connectivity index (χ1n) is 7.98. The van der Waals surface area contributed by atoms with Crippen molar-refractivity contribution in [3.05, 3.63) is 41.5 Å². The third-order valence-electron chi connectivity index (χ3n) is 4.22. The third kappa shape index (κ3) is 2.97. The normalized spacial score (nSPS) is 10.5. The minimum atomic E-state index is -0.630. The van der Waals surface area contributed by atoms with E-state index in [4.69, 9.17) is 23.4 Å². The second-order valence-electron chi connectivity index (χ2n) is 5.55. The maximum Gasteiger partial charge on any atom is 0.342 e. The van der Waals surface area contributed by atoms with Crippen molar-refractivity contribution < 1.29 is 33.0 Å². The van der Waals surface area contributed by atoms with E-state index in [1.54, 1.807) is 30.3 Å². The molecule has 0 saturated heterocycles. The van der Waals surface area contributed by atoms with Crippen molar-refractivity contribution in [1.82, 2.24) is 0 Å². The summed E-state index contributed by atoms with van der Waals surface area (Å²) in [6.45, 7) is 0. The molecule has 0 saturated carbocycles. The largest absolute Gasteiger partial charge is 0.493 e. The van der Waals surface area contributed by atoms with Crippen molar-refractivity contribution in [2.75, 3.05) is 28.4 Å². The van der Waals surface area contributed by atoms with Gasteiger partial charge in [0.2, 0.25) is 0 Å². The van der Waals surface area contributed by atoms with Gasteiger partial charge in [-0.1, -0.05) is 0 Å². The van der Waals surface area contributed by atoms with Gasteiger partial charge in [0.15, 0.2) is 29.1 Å². The van der Waals surface area contributed by atoms with Gasteiger partial charge >= 0.3 is 5.97 Å². The maximum atomic E-state index is 12.5. The van der Waals surface area contributed by atoms with Crippen molar-refractivity contribution in [2.24, 2.45) is 0 Å². The van der Waals surface area contributed by atoms with E-state index in [1.807, 2.05) is 0 Å². The van der Waals surface area contributed by atoms with Gasteiger partial charge in [0, 0.05) is 16.5 Å². The predicted molar refractivity (Wildman–Crippen MR) is 98.0 cm³/mol. The summed E-state index contributed by atoms with van der Waals surface area (Å²) >= 11 is 0. The van der Waals surface area contributed by atoms with Crippen molar-refractivity contribution in [2.45, 2.75) is 0 Å². The summed E-state index contributed by atoms with van der Waals surface area (Å²) in [6.07, 6.45) is 0.655. The molecular weight excluding hydrogens is 352 g/mol. The van der Waals surface area contributed by atoms with Gasteiger partial charge in [0.05, 0.1) is 28.4 Å². The number of rotatable bonds is 6. The van der Waals surface area contributed by atoms with Crippen LogP contribution in [-0.2, 0) is 4.74 Å². The van der Waals surface area contributed by atoms with Gasteiger partial charge < -0.3 is 23.4 Å². The summed E-state index contributed by atoms with van der Waals surface area (Å²) in [5.74, 6) is 1.00. The van der Waals surface area contributed by atoms with Crippen LogP contribution in [0.25, 0.3) is 22.3 Å². The van der Waals surface area contributed by atoms with Gasteiger partial charge in [0.1, 0.15) is 11.3 Å². The Hall–Kier alpha value is -3.48. The lowest BCUT2D eigenvalue weighted by Crippen LogP contribution is -2.03. The number of hydrogen-bond donors (Lipinski definition) is 0. The number of carbonyl (C=O) groups excluding carboxylic acids is 2.